The summed E-state index contributed by atoms with van der Waals surface area (Å²) < 4.78 is 1.75. The fourth-order valence-corrected chi connectivity index (χ4v) is 2.95. The van der Waals surface area contributed by atoms with E-state index in [4.69, 9.17) is 5.73 Å². The number of hydrogen-bond acceptors (Lipinski definition) is 3. The quantitative estimate of drug-likeness (QED) is 0.751. The minimum absolute atomic E-state index is 0.0654. The van der Waals surface area contributed by atoms with Crippen molar-refractivity contribution < 1.29 is 9.59 Å². The molecule has 1 aromatic heterocycles. The molecule has 25 heavy (non-hydrogen) atoms. The van der Waals surface area contributed by atoms with E-state index in [0.29, 0.717) is 6.54 Å². The summed E-state index contributed by atoms with van der Waals surface area (Å²) in [5, 5.41) is 8.11. The van der Waals surface area contributed by atoms with Gasteiger partial charge in [-0.25, -0.2) is 0 Å². The number of carbonyl (C=O) groups excluding carboxylic acids is 2. The molecular weight excluding hydrogens is 316 g/mol. The first-order valence-corrected chi connectivity index (χ1v) is 8.27. The molecule has 2 aromatic carbocycles. The third-order valence-corrected chi connectivity index (χ3v) is 4.43. The molecule has 0 spiro atoms. The molecule has 1 heterocycles. The highest BCUT2D eigenvalue weighted by atomic mass is 16.2. The number of hydrogen-bond donors (Lipinski definition) is 2. The van der Waals surface area contributed by atoms with Crippen molar-refractivity contribution in [3.63, 3.8) is 0 Å². The van der Waals surface area contributed by atoms with Gasteiger partial charge in [-0.05, 0) is 30.5 Å². The van der Waals surface area contributed by atoms with Crippen LogP contribution < -0.4 is 11.1 Å². The lowest BCUT2D eigenvalue weighted by Gasteiger charge is -2.11. The number of aromatic nitrogens is 2. The second-order valence-corrected chi connectivity index (χ2v) is 6.31. The normalized spacial score (nSPS) is 13.8. The van der Waals surface area contributed by atoms with E-state index >= 15 is 0 Å². The Balaban J connectivity index is 1.70. The summed E-state index contributed by atoms with van der Waals surface area (Å²) in [7, 11) is 0. The minimum Gasteiger partial charge on any atom is -0.364 e. The lowest BCUT2D eigenvalue weighted by atomic mass is 10.1. The first kappa shape index (κ1) is 15.4. The highest BCUT2D eigenvalue weighted by Crippen LogP contribution is 2.31. The van der Waals surface area contributed by atoms with Crippen LogP contribution in [-0.4, -0.2) is 21.6 Å². The monoisotopic (exact) mass is 334 g/mol. The number of amides is 2. The second-order valence-electron chi connectivity index (χ2n) is 6.31. The average Bonchev–Trinajstić information content (AvgIpc) is 3.40. The number of primary amides is 1. The minimum atomic E-state index is -0.551. The van der Waals surface area contributed by atoms with E-state index < -0.39 is 5.91 Å². The summed E-state index contributed by atoms with van der Waals surface area (Å²) in [6.07, 6.45) is 1.92. The van der Waals surface area contributed by atoms with Gasteiger partial charge in [0, 0.05) is 17.0 Å². The summed E-state index contributed by atoms with van der Waals surface area (Å²) in [6, 6.07) is 15.1. The van der Waals surface area contributed by atoms with Crippen LogP contribution in [0.3, 0.4) is 0 Å². The van der Waals surface area contributed by atoms with Gasteiger partial charge in [-0.15, -0.1) is 0 Å². The van der Waals surface area contributed by atoms with Crippen LogP contribution in [0.1, 0.15) is 28.9 Å². The first-order valence-electron chi connectivity index (χ1n) is 8.27. The number of nitrogens with one attached hydrogen (secondary N) is 1. The maximum Gasteiger partial charge on any atom is 0.269 e. The summed E-state index contributed by atoms with van der Waals surface area (Å²) in [5.41, 5.74) is 8.25. The number of anilines is 1. The van der Waals surface area contributed by atoms with E-state index in [1.165, 1.54) is 0 Å². The van der Waals surface area contributed by atoms with Gasteiger partial charge in [-0.1, -0.05) is 36.4 Å². The van der Waals surface area contributed by atoms with Gasteiger partial charge in [0.25, 0.3) is 5.91 Å². The van der Waals surface area contributed by atoms with Gasteiger partial charge in [0.1, 0.15) is 0 Å². The molecular formula is C19H18N4O2. The molecule has 0 bridgehead atoms. The number of nitrogens with two attached hydrogens (primary N) is 1. The van der Waals surface area contributed by atoms with Crippen LogP contribution in [0.4, 0.5) is 5.69 Å². The van der Waals surface area contributed by atoms with E-state index in [2.05, 4.69) is 10.4 Å². The van der Waals surface area contributed by atoms with Crippen LogP contribution in [0.5, 0.6) is 0 Å². The zero-order chi connectivity index (χ0) is 17.4. The predicted molar refractivity (Wildman–Crippen MR) is 95.1 cm³/mol. The smallest absolute Gasteiger partial charge is 0.269 e. The maximum atomic E-state index is 12.1. The highest BCUT2D eigenvalue weighted by Gasteiger charge is 2.29. The Morgan fingerprint density at radius 3 is 2.60 bits per heavy atom. The first-order chi connectivity index (χ1) is 12.1. The number of benzene rings is 2. The van der Waals surface area contributed by atoms with Gasteiger partial charge in [0.05, 0.1) is 12.1 Å². The number of carbonyl (C=O) groups is 2. The average molecular weight is 334 g/mol. The van der Waals surface area contributed by atoms with Crippen molar-refractivity contribution in [2.45, 2.75) is 19.4 Å². The van der Waals surface area contributed by atoms with Crippen LogP contribution in [0.2, 0.25) is 0 Å². The van der Waals surface area contributed by atoms with E-state index in [-0.39, 0.29) is 17.5 Å². The largest absolute Gasteiger partial charge is 0.364 e. The van der Waals surface area contributed by atoms with Gasteiger partial charge >= 0.3 is 0 Å². The maximum absolute atomic E-state index is 12.1. The molecule has 126 valence electrons. The van der Waals surface area contributed by atoms with E-state index in [1.807, 2.05) is 48.5 Å². The zero-order valence-electron chi connectivity index (χ0n) is 13.6. The molecule has 0 aliphatic heterocycles. The van der Waals surface area contributed by atoms with E-state index in [0.717, 1.165) is 35.0 Å². The molecule has 0 saturated heterocycles. The van der Waals surface area contributed by atoms with Gasteiger partial charge in [0.2, 0.25) is 5.91 Å². The van der Waals surface area contributed by atoms with Gasteiger partial charge in [-0.2, -0.15) is 5.10 Å². The number of fused-ring (bicyclic) bond motifs is 1. The van der Waals surface area contributed by atoms with Crippen molar-refractivity contribution in [1.29, 1.82) is 0 Å². The van der Waals surface area contributed by atoms with E-state index in [1.54, 1.807) is 4.68 Å². The summed E-state index contributed by atoms with van der Waals surface area (Å²) in [5.74, 6) is -0.346. The Morgan fingerprint density at radius 2 is 1.84 bits per heavy atom. The van der Waals surface area contributed by atoms with Crippen LogP contribution >= 0.6 is 0 Å². The van der Waals surface area contributed by atoms with Crippen molar-refractivity contribution in [2.24, 2.45) is 11.7 Å². The molecule has 0 radical (unpaired) electrons. The molecule has 0 unspecified atom stereocenters. The van der Waals surface area contributed by atoms with Crippen LogP contribution in [0, 0.1) is 5.92 Å². The van der Waals surface area contributed by atoms with E-state index in [9.17, 15) is 9.59 Å². The van der Waals surface area contributed by atoms with Crippen molar-refractivity contribution in [2.75, 3.05) is 5.32 Å². The highest BCUT2D eigenvalue weighted by molar-refractivity contribution is 6.04. The molecule has 0 atom stereocenters. The lowest BCUT2D eigenvalue weighted by molar-refractivity contribution is -0.117. The Hall–Kier alpha value is -3.15. The Labute approximate surface area is 144 Å². The molecule has 6 heteroatoms. The zero-order valence-corrected chi connectivity index (χ0v) is 13.6. The lowest BCUT2D eigenvalue weighted by Crippen LogP contribution is -2.16. The fraction of sp³-hybridized carbons (Fsp3) is 0.211. The third-order valence-electron chi connectivity index (χ3n) is 4.43. The topological polar surface area (TPSA) is 90.0 Å². The molecule has 3 aromatic rings. The molecule has 6 nitrogen and oxygen atoms in total. The fourth-order valence-electron chi connectivity index (χ4n) is 2.95. The van der Waals surface area contributed by atoms with Crippen LogP contribution in [0.25, 0.3) is 10.9 Å². The molecule has 3 N–H and O–H groups in total. The van der Waals surface area contributed by atoms with Crippen LogP contribution in [-0.2, 0) is 11.3 Å². The third kappa shape index (κ3) is 2.98. The molecule has 1 saturated carbocycles. The molecule has 4 rings (SSSR count). The van der Waals surface area contributed by atoms with Gasteiger partial charge in [-0.3, -0.25) is 14.3 Å². The Morgan fingerprint density at radius 1 is 1.12 bits per heavy atom. The standard InChI is InChI=1S/C19H18N4O2/c20-18(24)17-14-6-2-4-8-16(14)23(22-17)11-13-5-1-3-7-15(13)21-19(25)12-9-10-12/h1-8,12H,9-11H2,(H2,20,24)(H,21,25). The van der Waals surface area contributed by atoms with Crippen molar-refractivity contribution in [3.8, 4) is 0 Å². The second kappa shape index (κ2) is 6.05. The summed E-state index contributed by atoms with van der Waals surface area (Å²) >= 11 is 0. The number of nitrogens with zero attached hydrogens (tertiary/aromatic N) is 2. The van der Waals surface area contributed by atoms with Crippen molar-refractivity contribution in [3.05, 3.63) is 59.8 Å². The van der Waals surface area contributed by atoms with Crippen molar-refractivity contribution in [1.82, 2.24) is 9.78 Å². The van der Waals surface area contributed by atoms with Gasteiger partial charge in [0.15, 0.2) is 5.69 Å². The Kier molecular flexibility index (Phi) is 3.72. The molecule has 1 fully saturated rings. The number of rotatable bonds is 5. The predicted octanol–water partition coefficient (Wildman–Crippen LogP) is 2.53. The summed E-state index contributed by atoms with van der Waals surface area (Å²) in [6.45, 7) is 0.439. The molecule has 1 aliphatic carbocycles. The molecule has 2 amide bonds. The van der Waals surface area contributed by atoms with Crippen LogP contribution in [0.15, 0.2) is 48.5 Å². The Bertz CT molecular complexity index is 972. The number of para-hydroxylation sites is 2. The SMILES string of the molecule is NC(=O)c1nn(Cc2ccccc2NC(=O)C2CC2)c2ccccc12. The van der Waals surface area contributed by atoms with Crippen molar-refractivity contribution >= 4 is 28.4 Å². The summed E-state index contributed by atoms with van der Waals surface area (Å²) in [4.78, 5) is 23.8. The van der Waals surface area contributed by atoms with Gasteiger partial charge < -0.3 is 11.1 Å². The molecule has 1 aliphatic rings.